The third-order valence-corrected chi connectivity index (χ3v) is 7.03. The first-order valence-electron chi connectivity index (χ1n) is 9.50. The number of rotatable bonds is 6. The average Bonchev–Trinajstić information content (AvgIpc) is 3.13. The van der Waals surface area contributed by atoms with Crippen molar-refractivity contribution in [1.29, 1.82) is 5.41 Å². The molecular weight excluding hydrogens is 435 g/mol. The van der Waals surface area contributed by atoms with E-state index in [9.17, 15) is 21.6 Å². The second kappa shape index (κ2) is 8.55. The van der Waals surface area contributed by atoms with Crippen LogP contribution in [0.5, 0.6) is 0 Å². The molecule has 0 amide bonds. The largest absolute Gasteiger partial charge is 0.398 e. The van der Waals surface area contributed by atoms with Gasteiger partial charge in [0, 0.05) is 56.7 Å². The smallest absolute Gasteiger partial charge is 0.390 e. The summed E-state index contributed by atoms with van der Waals surface area (Å²) in [6.45, 7) is 1.58. The maximum absolute atomic E-state index is 13.0. The third kappa shape index (κ3) is 5.05. The molecule has 1 atom stereocenters. The number of hydrogen-bond donors (Lipinski definition) is 2. The Kier molecular flexibility index (Phi) is 6.39. The van der Waals surface area contributed by atoms with E-state index in [1.54, 1.807) is 24.0 Å². The zero-order valence-electron chi connectivity index (χ0n) is 17.1. The summed E-state index contributed by atoms with van der Waals surface area (Å²) in [5, 5.41) is 15.0. The van der Waals surface area contributed by atoms with Crippen molar-refractivity contribution >= 4 is 21.9 Å². The van der Waals surface area contributed by atoms with Gasteiger partial charge < -0.3 is 11.1 Å². The number of nitrogens with one attached hydrogen (secondary N) is 1. The van der Waals surface area contributed by atoms with Gasteiger partial charge >= 0.3 is 6.18 Å². The Balaban J connectivity index is 1.98. The maximum Gasteiger partial charge on any atom is 0.390 e. The van der Waals surface area contributed by atoms with Crippen molar-refractivity contribution in [3.8, 4) is 0 Å². The van der Waals surface area contributed by atoms with E-state index < -0.39 is 28.7 Å². The molecule has 1 fully saturated rings. The number of nitrogen functional groups attached to an aromatic ring is 1. The highest BCUT2D eigenvalue weighted by molar-refractivity contribution is 7.89. The molecule has 170 valence electrons. The van der Waals surface area contributed by atoms with Crippen LogP contribution in [0.25, 0.3) is 0 Å². The summed E-state index contributed by atoms with van der Waals surface area (Å²) in [7, 11) is -2.47. The number of alkyl halides is 3. The van der Waals surface area contributed by atoms with Crippen LogP contribution < -0.4 is 5.73 Å². The molecule has 9 nitrogen and oxygen atoms in total. The van der Waals surface area contributed by atoms with E-state index in [0.29, 0.717) is 22.4 Å². The summed E-state index contributed by atoms with van der Waals surface area (Å²) in [5.74, 6) is 0. The van der Waals surface area contributed by atoms with Crippen LogP contribution in [-0.4, -0.2) is 71.2 Å². The number of piperazine rings is 1. The van der Waals surface area contributed by atoms with E-state index in [2.05, 4.69) is 10.2 Å². The Labute approximate surface area is 178 Å². The Morgan fingerprint density at radius 1 is 1.32 bits per heavy atom. The van der Waals surface area contributed by atoms with Crippen LogP contribution in [0.4, 0.5) is 18.9 Å². The zero-order chi connectivity index (χ0) is 23.0. The first-order valence-corrected chi connectivity index (χ1v) is 10.9. The van der Waals surface area contributed by atoms with Gasteiger partial charge in [-0.2, -0.15) is 27.4 Å². The highest BCUT2D eigenvalue weighted by Gasteiger charge is 2.38. The molecule has 0 radical (unpaired) electrons. The molecule has 1 aromatic carbocycles. The van der Waals surface area contributed by atoms with Gasteiger partial charge in [0.2, 0.25) is 5.03 Å². The first-order chi connectivity index (χ1) is 14.4. The average molecular weight is 459 g/mol. The minimum Gasteiger partial charge on any atom is -0.398 e. The molecule has 0 bridgehead atoms. The fraction of sp³-hybridized carbons (Fsp3) is 0.500. The van der Waals surface area contributed by atoms with Gasteiger partial charge in [0.25, 0.3) is 10.0 Å². The lowest BCUT2D eigenvalue weighted by atomic mass is 9.95. The summed E-state index contributed by atoms with van der Waals surface area (Å²) >= 11 is 0. The molecule has 1 unspecified atom stereocenters. The number of benzene rings is 1. The summed E-state index contributed by atoms with van der Waals surface area (Å²) < 4.78 is 65.9. The van der Waals surface area contributed by atoms with Crippen molar-refractivity contribution in [2.24, 2.45) is 7.05 Å². The molecule has 1 aliphatic heterocycles. The Morgan fingerprint density at radius 3 is 2.61 bits per heavy atom. The van der Waals surface area contributed by atoms with Crippen LogP contribution in [-0.2, 0) is 17.1 Å². The third-order valence-electron chi connectivity index (χ3n) is 5.31. The molecule has 31 heavy (non-hydrogen) atoms. The van der Waals surface area contributed by atoms with E-state index in [1.165, 1.54) is 11.4 Å². The van der Waals surface area contributed by atoms with Gasteiger partial charge in [0.05, 0.1) is 12.6 Å². The van der Waals surface area contributed by atoms with Crippen LogP contribution in [0.2, 0.25) is 0 Å². The second-order valence-electron chi connectivity index (χ2n) is 7.43. The summed E-state index contributed by atoms with van der Waals surface area (Å²) in [6, 6.07) is 2.65. The van der Waals surface area contributed by atoms with E-state index >= 15 is 0 Å². The lowest BCUT2D eigenvalue weighted by Crippen LogP contribution is -2.51. The van der Waals surface area contributed by atoms with Crippen molar-refractivity contribution in [3.63, 3.8) is 0 Å². The van der Waals surface area contributed by atoms with Gasteiger partial charge in [0.15, 0.2) is 0 Å². The van der Waals surface area contributed by atoms with E-state index in [0.717, 1.165) is 17.2 Å². The van der Waals surface area contributed by atoms with Crippen LogP contribution in [0.15, 0.2) is 23.4 Å². The number of hydrogen-bond acceptors (Lipinski definition) is 7. The van der Waals surface area contributed by atoms with Gasteiger partial charge in [-0.1, -0.05) is 0 Å². The van der Waals surface area contributed by atoms with Crippen molar-refractivity contribution in [2.45, 2.75) is 30.6 Å². The van der Waals surface area contributed by atoms with E-state index in [4.69, 9.17) is 11.1 Å². The highest BCUT2D eigenvalue weighted by atomic mass is 32.2. The number of aromatic nitrogens is 3. The molecule has 0 saturated carbocycles. The monoisotopic (exact) mass is 459 g/mol. The number of nitrogens with zero attached hydrogens (tertiary/aromatic N) is 5. The molecule has 13 heteroatoms. The number of nitrogens with two attached hydrogens (primary N) is 1. The Hall–Kier alpha value is -2.51. The van der Waals surface area contributed by atoms with Crippen molar-refractivity contribution < 1.29 is 21.6 Å². The predicted molar refractivity (Wildman–Crippen MR) is 108 cm³/mol. The van der Waals surface area contributed by atoms with Crippen LogP contribution >= 0.6 is 0 Å². The topological polar surface area (TPSA) is 121 Å². The molecule has 1 saturated heterocycles. The molecule has 1 aliphatic rings. The SMILES string of the molecule is Cc1cc(N)c(C=N)cc1C1CN(S(=O)(=O)c2cnn(C)n2)CCN1CCC(F)(F)F. The number of halogens is 3. The predicted octanol–water partition coefficient (Wildman–Crippen LogP) is 1.70. The summed E-state index contributed by atoms with van der Waals surface area (Å²) in [6.07, 6.45) is -3.13. The normalized spacial score (nSPS) is 18.9. The molecular formula is C18H24F3N7O2S. The molecule has 2 heterocycles. The van der Waals surface area contributed by atoms with Gasteiger partial charge in [-0.05, 0) is 30.2 Å². The lowest BCUT2D eigenvalue weighted by molar-refractivity contribution is -0.140. The molecule has 0 aliphatic carbocycles. The van der Waals surface area contributed by atoms with E-state index in [-0.39, 0.29) is 31.2 Å². The summed E-state index contributed by atoms with van der Waals surface area (Å²) in [5.41, 5.74) is 8.06. The minimum atomic E-state index is -4.33. The van der Waals surface area contributed by atoms with Crippen LogP contribution in [0.3, 0.4) is 0 Å². The maximum atomic E-state index is 13.0. The van der Waals surface area contributed by atoms with Gasteiger partial charge in [-0.15, -0.1) is 5.10 Å². The van der Waals surface area contributed by atoms with Crippen molar-refractivity contribution in [3.05, 3.63) is 35.0 Å². The fourth-order valence-corrected chi connectivity index (χ4v) is 5.00. The van der Waals surface area contributed by atoms with Crippen molar-refractivity contribution in [2.75, 3.05) is 31.9 Å². The number of anilines is 1. The number of aryl methyl sites for hydroxylation is 2. The number of sulfonamides is 1. The van der Waals surface area contributed by atoms with Gasteiger partial charge in [0.1, 0.15) is 0 Å². The van der Waals surface area contributed by atoms with Crippen molar-refractivity contribution in [1.82, 2.24) is 24.2 Å². The van der Waals surface area contributed by atoms with E-state index in [1.807, 2.05) is 0 Å². The van der Waals surface area contributed by atoms with Gasteiger partial charge in [-0.3, -0.25) is 4.90 Å². The van der Waals surface area contributed by atoms with Gasteiger partial charge in [-0.25, -0.2) is 8.42 Å². The molecule has 1 aromatic heterocycles. The summed E-state index contributed by atoms with van der Waals surface area (Å²) in [4.78, 5) is 2.76. The van der Waals surface area contributed by atoms with Crippen LogP contribution in [0, 0.1) is 12.3 Å². The minimum absolute atomic E-state index is 0.0265. The molecule has 3 N–H and O–H groups in total. The first kappa shape index (κ1) is 23.2. The Bertz CT molecular complexity index is 1070. The highest BCUT2D eigenvalue weighted by Crippen LogP contribution is 2.33. The fourth-order valence-electron chi connectivity index (χ4n) is 3.67. The lowest BCUT2D eigenvalue weighted by Gasteiger charge is -2.41. The Morgan fingerprint density at radius 2 is 2.03 bits per heavy atom. The van der Waals surface area contributed by atoms with Crippen LogP contribution in [0.1, 0.15) is 29.2 Å². The quantitative estimate of drug-likeness (QED) is 0.501. The standard InChI is InChI=1S/C18H24F3N7O2S/c1-12-7-15(23)13(9-22)8-14(12)16-11-28(6-5-27(16)4-3-18(19,20)21)31(29,30)17-10-24-26(2)25-17/h7-10,16,22H,3-6,11,23H2,1-2H3. The zero-order valence-corrected chi connectivity index (χ0v) is 17.9. The molecule has 3 rings (SSSR count). The molecule has 2 aromatic rings. The molecule has 0 spiro atoms. The second-order valence-corrected chi connectivity index (χ2v) is 9.32.